The summed E-state index contributed by atoms with van der Waals surface area (Å²) in [6.45, 7) is 13.7. The minimum Gasteiger partial charge on any atom is -0.303 e. The van der Waals surface area contributed by atoms with E-state index in [1.165, 1.54) is 0 Å². The molecule has 0 heterocycles. The molecular formula is C13H26Br2ClO4P. The van der Waals surface area contributed by atoms with Gasteiger partial charge in [-0.25, -0.2) is 4.57 Å². The Hall–Kier alpha value is 1.36. The van der Waals surface area contributed by atoms with Crippen molar-refractivity contribution in [1.29, 1.82) is 0 Å². The largest absolute Gasteiger partial charge is 0.471 e. The summed E-state index contributed by atoms with van der Waals surface area (Å²) >= 11 is 13.7. The minimum absolute atomic E-state index is 0.101. The van der Waals surface area contributed by atoms with Crippen molar-refractivity contribution in [3.05, 3.63) is 0 Å². The molecule has 21 heavy (non-hydrogen) atoms. The van der Waals surface area contributed by atoms with Gasteiger partial charge < -0.3 is 9.79 Å². The maximum absolute atomic E-state index is 11.4. The summed E-state index contributed by atoms with van der Waals surface area (Å²) in [5.74, 6) is -0.365. The molecule has 128 valence electrons. The van der Waals surface area contributed by atoms with E-state index in [1.807, 2.05) is 48.5 Å². The lowest BCUT2D eigenvalue weighted by molar-refractivity contribution is 0.0258. The fourth-order valence-electron chi connectivity index (χ4n) is 2.08. The quantitative estimate of drug-likeness (QED) is 0.422. The van der Waals surface area contributed by atoms with Crippen molar-refractivity contribution < 1.29 is 18.9 Å². The highest BCUT2D eigenvalue weighted by molar-refractivity contribution is 9.10. The van der Waals surface area contributed by atoms with Crippen LogP contribution in [0, 0.1) is 16.7 Å². The Morgan fingerprint density at radius 3 is 1.67 bits per heavy atom. The van der Waals surface area contributed by atoms with E-state index < -0.39 is 17.7 Å². The number of hydrogen-bond donors (Lipinski definition) is 2. The third kappa shape index (κ3) is 6.40. The molecule has 0 aliphatic heterocycles. The molecule has 0 saturated carbocycles. The maximum atomic E-state index is 11.4. The summed E-state index contributed by atoms with van der Waals surface area (Å²) in [4.78, 5) is 18.0. The Bertz CT molecular complexity index is 402. The molecule has 0 amide bonds. The van der Waals surface area contributed by atoms with Crippen LogP contribution in [0.25, 0.3) is 0 Å². The van der Waals surface area contributed by atoms with Crippen LogP contribution in [0.4, 0.5) is 0 Å². The highest BCUT2D eigenvalue weighted by atomic mass is 79.9. The Labute approximate surface area is 149 Å². The van der Waals surface area contributed by atoms with Crippen LogP contribution >= 0.6 is 51.3 Å². The van der Waals surface area contributed by atoms with Crippen molar-refractivity contribution in [3.63, 3.8) is 0 Å². The lowest BCUT2D eigenvalue weighted by Gasteiger charge is -2.46. The van der Waals surface area contributed by atoms with Crippen molar-refractivity contribution in [2.75, 3.05) is 0 Å². The van der Waals surface area contributed by atoms with E-state index in [0.717, 1.165) is 0 Å². The van der Waals surface area contributed by atoms with E-state index in [1.54, 1.807) is 0 Å². The van der Waals surface area contributed by atoms with Gasteiger partial charge in [-0.05, 0) is 10.8 Å². The topological polar surface area (TPSA) is 66.8 Å². The Morgan fingerprint density at radius 2 is 1.43 bits per heavy atom. The fraction of sp³-hybridized carbons (Fsp3) is 1.00. The first-order valence-electron chi connectivity index (χ1n) is 6.66. The molecule has 0 aliphatic carbocycles. The predicted molar refractivity (Wildman–Crippen MR) is 95.2 cm³/mol. The average Bonchev–Trinajstić information content (AvgIpc) is 2.20. The zero-order valence-electron chi connectivity index (χ0n) is 13.5. The summed E-state index contributed by atoms with van der Waals surface area (Å²) in [7, 11) is -4.74. The smallest absolute Gasteiger partial charge is 0.303 e. The fourth-order valence-corrected chi connectivity index (χ4v) is 4.64. The zero-order valence-corrected chi connectivity index (χ0v) is 18.3. The van der Waals surface area contributed by atoms with Gasteiger partial charge in [-0.3, -0.25) is 4.52 Å². The Kier molecular flexibility index (Phi) is 7.54. The first-order chi connectivity index (χ1) is 8.93. The van der Waals surface area contributed by atoms with Gasteiger partial charge in [-0.2, -0.15) is 0 Å². The standard InChI is InChI=1S/C13H26Br2ClO4P/c1-8(9(14)11(2,3)4)13(16,20-21(17,18)19)10(15)12(5,6)7/h8-10H,1-7H3,(H2,17,18,19). The maximum Gasteiger partial charge on any atom is 0.471 e. The van der Waals surface area contributed by atoms with E-state index >= 15 is 0 Å². The van der Waals surface area contributed by atoms with Gasteiger partial charge in [0.05, 0.1) is 4.83 Å². The van der Waals surface area contributed by atoms with Crippen LogP contribution < -0.4 is 0 Å². The zero-order chi connectivity index (χ0) is 17.4. The molecule has 0 spiro atoms. The SMILES string of the molecule is CC(C(Br)C(C)(C)C)C(Cl)(OP(=O)(O)O)C(Br)C(C)(C)C. The molecule has 4 atom stereocenters. The lowest BCUT2D eigenvalue weighted by atomic mass is 9.78. The first-order valence-corrected chi connectivity index (χ1v) is 10.4. The van der Waals surface area contributed by atoms with Crippen LogP contribution in [-0.2, 0) is 9.09 Å². The second-order valence-corrected chi connectivity index (χ2v) is 11.2. The number of rotatable bonds is 5. The summed E-state index contributed by atoms with van der Waals surface area (Å²) in [6.07, 6.45) is 0. The van der Waals surface area contributed by atoms with Crippen LogP contribution in [0.3, 0.4) is 0 Å². The summed E-state index contributed by atoms with van der Waals surface area (Å²) in [5, 5.41) is -1.56. The summed E-state index contributed by atoms with van der Waals surface area (Å²) in [6, 6.07) is 0. The highest BCUT2D eigenvalue weighted by Crippen LogP contribution is 2.55. The third-order valence-corrected chi connectivity index (χ3v) is 9.02. The van der Waals surface area contributed by atoms with Gasteiger partial charge in [-0.15, -0.1) is 0 Å². The minimum atomic E-state index is -4.74. The van der Waals surface area contributed by atoms with Crippen LogP contribution in [0.1, 0.15) is 48.5 Å². The van der Waals surface area contributed by atoms with Crippen LogP contribution in [0.15, 0.2) is 0 Å². The van der Waals surface area contributed by atoms with E-state index in [2.05, 4.69) is 31.9 Å². The molecule has 2 N–H and O–H groups in total. The van der Waals surface area contributed by atoms with Crippen molar-refractivity contribution in [3.8, 4) is 0 Å². The Morgan fingerprint density at radius 1 is 1.05 bits per heavy atom. The Balaban J connectivity index is 5.78. The van der Waals surface area contributed by atoms with Crippen molar-refractivity contribution >= 4 is 51.3 Å². The second-order valence-electron chi connectivity index (χ2n) is 7.56. The molecule has 0 rings (SSSR count). The molecule has 0 aromatic carbocycles. The van der Waals surface area contributed by atoms with E-state index in [0.29, 0.717) is 0 Å². The predicted octanol–water partition coefficient (Wildman–Crippen LogP) is 5.29. The van der Waals surface area contributed by atoms with Crippen LogP contribution in [-0.4, -0.2) is 24.5 Å². The van der Waals surface area contributed by atoms with Gasteiger partial charge in [0, 0.05) is 10.7 Å². The molecule has 4 nitrogen and oxygen atoms in total. The van der Waals surface area contributed by atoms with Crippen molar-refractivity contribution in [2.45, 2.75) is 63.2 Å². The van der Waals surface area contributed by atoms with Crippen LogP contribution in [0.2, 0.25) is 0 Å². The summed E-state index contributed by atoms with van der Waals surface area (Å²) in [5.41, 5.74) is -0.502. The normalized spacial score (nSPS) is 21.5. The number of hydrogen-bond acceptors (Lipinski definition) is 2. The molecule has 0 aromatic rings. The molecule has 4 unspecified atom stereocenters. The molecule has 0 bridgehead atoms. The number of phosphoric ester groups is 1. The number of alkyl halides is 3. The highest BCUT2D eigenvalue weighted by Gasteiger charge is 2.53. The van der Waals surface area contributed by atoms with Gasteiger partial charge in [0.1, 0.15) is 0 Å². The average molecular weight is 473 g/mol. The molecule has 0 radical (unpaired) electrons. The number of phosphoric acid groups is 1. The number of halogens is 3. The van der Waals surface area contributed by atoms with Crippen LogP contribution in [0.5, 0.6) is 0 Å². The molecule has 0 saturated heterocycles. The third-order valence-electron chi connectivity index (χ3n) is 3.25. The van der Waals surface area contributed by atoms with E-state index in [-0.39, 0.29) is 21.6 Å². The molecule has 0 aliphatic rings. The molecule has 8 heteroatoms. The van der Waals surface area contributed by atoms with Crippen molar-refractivity contribution in [2.24, 2.45) is 16.7 Å². The van der Waals surface area contributed by atoms with E-state index in [4.69, 9.17) is 16.1 Å². The molecular weight excluding hydrogens is 446 g/mol. The molecule has 0 fully saturated rings. The van der Waals surface area contributed by atoms with Gasteiger partial charge in [0.15, 0.2) is 5.06 Å². The summed E-state index contributed by atoms with van der Waals surface area (Å²) < 4.78 is 16.5. The van der Waals surface area contributed by atoms with Gasteiger partial charge in [0.2, 0.25) is 0 Å². The van der Waals surface area contributed by atoms with Crippen molar-refractivity contribution in [1.82, 2.24) is 0 Å². The van der Waals surface area contributed by atoms with Gasteiger partial charge in [-0.1, -0.05) is 91.9 Å². The monoisotopic (exact) mass is 470 g/mol. The van der Waals surface area contributed by atoms with Gasteiger partial charge >= 0.3 is 7.82 Å². The van der Waals surface area contributed by atoms with E-state index in [9.17, 15) is 14.4 Å². The second kappa shape index (κ2) is 7.08. The first kappa shape index (κ1) is 22.4. The van der Waals surface area contributed by atoms with Gasteiger partial charge in [0.25, 0.3) is 0 Å². The lowest BCUT2D eigenvalue weighted by Crippen LogP contribution is -2.52. The molecule has 0 aromatic heterocycles.